The molecule has 1 amide bonds. The van der Waals surface area contributed by atoms with E-state index >= 15 is 0 Å². The van der Waals surface area contributed by atoms with Crippen molar-refractivity contribution in [2.24, 2.45) is 0 Å². The number of carbonyl (C=O) groups is 1. The van der Waals surface area contributed by atoms with E-state index in [0.29, 0.717) is 6.04 Å². The van der Waals surface area contributed by atoms with Crippen LogP contribution in [0.15, 0.2) is 36.9 Å². The number of piperazine rings is 1. The normalized spacial score (nSPS) is 22.0. The monoisotopic (exact) mass is 326 g/mol. The molecule has 2 aromatic rings. The topological polar surface area (TPSA) is 66.3 Å². The number of hydrogen-bond donors (Lipinski definition) is 1. The quantitative estimate of drug-likeness (QED) is 0.884. The lowest BCUT2D eigenvalue weighted by Crippen LogP contribution is -2.49. The van der Waals surface area contributed by atoms with Gasteiger partial charge in [-0.25, -0.2) is 0 Å². The molecule has 2 aliphatic rings. The fraction of sp³-hybridized carbons (Fsp3) is 0.471. The molecule has 1 atom stereocenters. The average Bonchev–Trinajstić information content (AvgIpc) is 3.34. The molecule has 0 bridgehead atoms. The summed E-state index contributed by atoms with van der Waals surface area (Å²) in [6.45, 7) is 5.96. The lowest BCUT2D eigenvalue weighted by atomic mass is 10.2. The van der Waals surface area contributed by atoms with Crippen molar-refractivity contribution in [2.45, 2.75) is 12.5 Å². The third-order valence-corrected chi connectivity index (χ3v) is 4.95. The van der Waals surface area contributed by atoms with E-state index in [1.54, 1.807) is 12.7 Å². The van der Waals surface area contributed by atoms with Gasteiger partial charge >= 0.3 is 0 Å². The van der Waals surface area contributed by atoms with Crippen molar-refractivity contribution in [3.8, 4) is 5.69 Å². The Balaban J connectivity index is 1.40. The van der Waals surface area contributed by atoms with Crippen LogP contribution < -0.4 is 5.32 Å². The number of hydrogen-bond acceptors (Lipinski definition) is 5. The molecule has 0 saturated carbocycles. The van der Waals surface area contributed by atoms with Crippen LogP contribution in [0.4, 0.5) is 0 Å². The van der Waals surface area contributed by atoms with Gasteiger partial charge in [-0.3, -0.25) is 14.3 Å². The van der Waals surface area contributed by atoms with E-state index in [-0.39, 0.29) is 5.91 Å². The summed E-state index contributed by atoms with van der Waals surface area (Å²) >= 11 is 0. The second kappa shape index (κ2) is 6.70. The molecule has 2 saturated heterocycles. The lowest BCUT2D eigenvalue weighted by molar-refractivity contribution is 0.0773. The zero-order valence-corrected chi connectivity index (χ0v) is 13.6. The van der Waals surface area contributed by atoms with Crippen molar-refractivity contribution < 1.29 is 4.79 Å². The van der Waals surface area contributed by atoms with E-state index in [4.69, 9.17) is 0 Å². The maximum atomic E-state index is 12.7. The zero-order valence-electron chi connectivity index (χ0n) is 13.6. The van der Waals surface area contributed by atoms with E-state index in [1.807, 2.05) is 33.7 Å². The lowest BCUT2D eigenvalue weighted by Gasteiger charge is -2.32. The molecule has 7 heteroatoms. The Morgan fingerprint density at radius 1 is 1.04 bits per heavy atom. The predicted octanol–water partition coefficient (Wildman–Crippen LogP) is 0.387. The third-order valence-electron chi connectivity index (χ3n) is 4.95. The van der Waals surface area contributed by atoms with Crippen LogP contribution in [0.2, 0.25) is 0 Å². The second-order valence-corrected chi connectivity index (χ2v) is 6.40. The highest BCUT2D eigenvalue weighted by atomic mass is 16.2. The molecule has 2 fully saturated rings. The molecule has 2 aliphatic heterocycles. The van der Waals surface area contributed by atoms with Crippen LogP contribution >= 0.6 is 0 Å². The summed E-state index contributed by atoms with van der Waals surface area (Å²) in [5, 5.41) is 11.0. The van der Waals surface area contributed by atoms with Crippen molar-refractivity contribution in [3.63, 3.8) is 0 Å². The van der Waals surface area contributed by atoms with Gasteiger partial charge in [-0.2, -0.15) is 0 Å². The largest absolute Gasteiger partial charge is 0.337 e. The minimum absolute atomic E-state index is 0.128. The van der Waals surface area contributed by atoms with E-state index in [1.165, 1.54) is 0 Å². The highest BCUT2D eigenvalue weighted by molar-refractivity contribution is 5.94. The van der Waals surface area contributed by atoms with E-state index in [2.05, 4.69) is 20.4 Å². The summed E-state index contributed by atoms with van der Waals surface area (Å²) in [6, 6.07) is 8.14. The van der Waals surface area contributed by atoms with E-state index in [0.717, 1.165) is 56.9 Å². The number of nitrogens with zero attached hydrogens (tertiary/aromatic N) is 5. The Kier molecular flexibility index (Phi) is 4.27. The van der Waals surface area contributed by atoms with Gasteiger partial charge in [0.1, 0.15) is 12.7 Å². The fourth-order valence-electron chi connectivity index (χ4n) is 3.56. The van der Waals surface area contributed by atoms with Crippen LogP contribution in [0.3, 0.4) is 0 Å². The van der Waals surface area contributed by atoms with Crippen LogP contribution in [0.5, 0.6) is 0 Å². The molecule has 1 aromatic carbocycles. The molecule has 4 rings (SSSR count). The van der Waals surface area contributed by atoms with Gasteiger partial charge in [-0.05, 0) is 30.7 Å². The van der Waals surface area contributed by atoms with Crippen LogP contribution in [0, 0.1) is 0 Å². The van der Waals surface area contributed by atoms with Gasteiger partial charge in [0, 0.05) is 56.6 Å². The molecule has 126 valence electrons. The number of rotatable bonds is 3. The minimum Gasteiger partial charge on any atom is -0.337 e. The summed E-state index contributed by atoms with van der Waals surface area (Å²) in [5.74, 6) is 0.128. The maximum absolute atomic E-state index is 12.7. The van der Waals surface area contributed by atoms with Crippen LogP contribution in [0.25, 0.3) is 5.69 Å². The standard InChI is InChI=1S/C17H22N6O/c24-17(14-1-3-15(4-2-14)23-12-19-20-13-23)22-8-5-16(11-22)21-9-6-18-7-10-21/h1-4,12-13,16,18H,5-11H2. The predicted molar refractivity (Wildman–Crippen MR) is 90.1 cm³/mol. The molecule has 0 radical (unpaired) electrons. The highest BCUT2D eigenvalue weighted by Crippen LogP contribution is 2.19. The maximum Gasteiger partial charge on any atom is 0.253 e. The molecular formula is C17H22N6O. The van der Waals surface area contributed by atoms with Crippen molar-refractivity contribution in [1.29, 1.82) is 0 Å². The van der Waals surface area contributed by atoms with Crippen LogP contribution in [-0.4, -0.2) is 75.8 Å². The number of benzene rings is 1. The molecule has 3 heterocycles. The SMILES string of the molecule is O=C(c1ccc(-n2cnnc2)cc1)N1CCC(N2CCNCC2)C1. The van der Waals surface area contributed by atoms with E-state index in [9.17, 15) is 4.79 Å². The van der Waals surface area contributed by atoms with Crippen LogP contribution in [-0.2, 0) is 0 Å². The van der Waals surface area contributed by atoms with Gasteiger partial charge in [0.25, 0.3) is 5.91 Å². The summed E-state index contributed by atoms with van der Waals surface area (Å²) in [7, 11) is 0. The summed E-state index contributed by atoms with van der Waals surface area (Å²) in [6.07, 6.45) is 4.37. The zero-order chi connectivity index (χ0) is 16.4. The van der Waals surface area contributed by atoms with Gasteiger partial charge in [0.2, 0.25) is 0 Å². The highest BCUT2D eigenvalue weighted by Gasteiger charge is 2.31. The Labute approximate surface area is 141 Å². The van der Waals surface area contributed by atoms with E-state index < -0.39 is 0 Å². The average molecular weight is 326 g/mol. The van der Waals surface area contributed by atoms with Crippen molar-refractivity contribution in [3.05, 3.63) is 42.5 Å². The van der Waals surface area contributed by atoms with Gasteiger partial charge in [0.05, 0.1) is 0 Å². The van der Waals surface area contributed by atoms with Crippen molar-refractivity contribution in [1.82, 2.24) is 29.9 Å². The first-order valence-corrected chi connectivity index (χ1v) is 8.50. The van der Waals surface area contributed by atoms with Gasteiger partial charge < -0.3 is 10.2 Å². The molecule has 0 spiro atoms. The first kappa shape index (κ1) is 15.3. The smallest absolute Gasteiger partial charge is 0.253 e. The first-order chi connectivity index (χ1) is 11.8. The Bertz CT molecular complexity index is 678. The van der Waals surface area contributed by atoms with Crippen molar-refractivity contribution >= 4 is 5.91 Å². The molecule has 1 N–H and O–H groups in total. The molecule has 1 aromatic heterocycles. The Morgan fingerprint density at radius 2 is 1.75 bits per heavy atom. The summed E-state index contributed by atoms with van der Waals surface area (Å²) in [5.41, 5.74) is 1.70. The number of likely N-dealkylation sites (tertiary alicyclic amines) is 1. The number of carbonyl (C=O) groups excluding carboxylic acids is 1. The molecule has 24 heavy (non-hydrogen) atoms. The minimum atomic E-state index is 0.128. The summed E-state index contributed by atoms with van der Waals surface area (Å²) < 4.78 is 1.82. The molecule has 0 aliphatic carbocycles. The molecule has 1 unspecified atom stereocenters. The van der Waals surface area contributed by atoms with Crippen molar-refractivity contribution in [2.75, 3.05) is 39.3 Å². The van der Waals surface area contributed by atoms with Gasteiger partial charge in [-0.1, -0.05) is 0 Å². The molecule has 7 nitrogen and oxygen atoms in total. The first-order valence-electron chi connectivity index (χ1n) is 8.50. The summed E-state index contributed by atoms with van der Waals surface area (Å²) in [4.78, 5) is 17.2. The van der Waals surface area contributed by atoms with Crippen LogP contribution in [0.1, 0.15) is 16.8 Å². The Morgan fingerprint density at radius 3 is 2.46 bits per heavy atom. The number of amides is 1. The second-order valence-electron chi connectivity index (χ2n) is 6.40. The van der Waals surface area contributed by atoms with Gasteiger partial charge in [0.15, 0.2) is 0 Å². The van der Waals surface area contributed by atoms with Gasteiger partial charge in [-0.15, -0.1) is 10.2 Å². The third kappa shape index (κ3) is 3.05. The number of nitrogens with one attached hydrogen (secondary N) is 1. The molecular weight excluding hydrogens is 304 g/mol. The fourth-order valence-corrected chi connectivity index (χ4v) is 3.56. The Hall–Kier alpha value is -2.25. The number of aromatic nitrogens is 3.